The molecule has 2 aromatic heterocycles. The second-order valence-electron chi connectivity index (χ2n) is 4.69. The molecule has 0 aliphatic rings. The predicted molar refractivity (Wildman–Crippen MR) is 79.8 cm³/mol. The molecule has 2 heterocycles. The van der Waals surface area contributed by atoms with E-state index < -0.39 is 22.8 Å². The van der Waals surface area contributed by atoms with Gasteiger partial charge in [-0.3, -0.25) is 4.68 Å². The standard InChI is InChI=1S/C14H16N4O5/c1-4-22-14(19)9(2)23-12-7-10(8-15-13(12)18(20)21)11-5-6-17(3)16-11/h5-9H,4H2,1-3H3. The number of aryl methyl sites for hydroxylation is 1. The third-order valence-corrected chi connectivity index (χ3v) is 2.94. The van der Waals surface area contributed by atoms with Gasteiger partial charge in [-0.2, -0.15) is 5.10 Å². The Morgan fingerprint density at radius 1 is 1.52 bits per heavy atom. The number of pyridine rings is 1. The molecule has 9 heteroatoms. The van der Waals surface area contributed by atoms with Crippen LogP contribution in [0.5, 0.6) is 5.75 Å². The summed E-state index contributed by atoms with van der Waals surface area (Å²) in [5, 5.41) is 15.3. The van der Waals surface area contributed by atoms with Crippen LogP contribution < -0.4 is 4.74 Å². The summed E-state index contributed by atoms with van der Waals surface area (Å²) in [6, 6.07) is 3.17. The number of carbonyl (C=O) groups excluding carboxylic acids is 1. The summed E-state index contributed by atoms with van der Waals surface area (Å²) in [5.74, 6) is -1.19. The maximum absolute atomic E-state index is 11.6. The molecule has 0 fully saturated rings. The van der Waals surface area contributed by atoms with E-state index >= 15 is 0 Å². The molecule has 0 saturated carbocycles. The first-order chi connectivity index (χ1) is 10.9. The van der Waals surface area contributed by atoms with E-state index in [1.807, 2.05) is 0 Å². The molecular formula is C14H16N4O5. The lowest BCUT2D eigenvalue weighted by molar-refractivity contribution is -0.390. The predicted octanol–water partition coefficient (Wildman–Crippen LogP) is 1.72. The molecule has 0 radical (unpaired) electrons. The zero-order valence-electron chi connectivity index (χ0n) is 12.9. The van der Waals surface area contributed by atoms with E-state index in [1.165, 1.54) is 19.2 Å². The molecule has 2 aromatic rings. The van der Waals surface area contributed by atoms with Crippen LogP contribution in [0.3, 0.4) is 0 Å². The van der Waals surface area contributed by atoms with Gasteiger partial charge in [0.25, 0.3) is 0 Å². The van der Waals surface area contributed by atoms with E-state index in [1.54, 1.807) is 30.9 Å². The third kappa shape index (κ3) is 3.82. The monoisotopic (exact) mass is 320 g/mol. The lowest BCUT2D eigenvalue weighted by Gasteiger charge is -2.13. The van der Waals surface area contributed by atoms with Crippen LogP contribution in [0.2, 0.25) is 0 Å². The fourth-order valence-corrected chi connectivity index (χ4v) is 1.87. The second kappa shape index (κ2) is 6.86. The number of nitrogens with zero attached hydrogens (tertiary/aromatic N) is 4. The highest BCUT2D eigenvalue weighted by Gasteiger charge is 2.24. The van der Waals surface area contributed by atoms with Crippen molar-refractivity contribution in [2.24, 2.45) is 7.05 Å². The topological polar surface area (TPSA) is 109 Å². The van der Waals surface area contributed by atoms with Gasteiger partial charge in [0.2, 0.25) is 5.75 Å². The largest absolute Gasteiger partial charge is 0.471 e. The van der Waals surface area contributed by atoms with E-state index in [2.05, 4.69) is 10.1 Å². The smallest absolute Gasteiger partial charge is 0.406 e. The van der Waals surface area contributed by atoms with E-state index in [0.717, 1.165) is 0 Å². The van der Waals surface area contributed by atoms with Crippen molar-refractivity contribution in [2.45, 2.75) is 20.0 Å². The number of carbonyl (C=O) groups is 1. The fraction of sp³-hybridized carbons (Fsp3) is 0.357. The SMILES string of the molecule is CCOC(=O)C(C)Oc1cc(-c2ccn(C)n2)cnc1[N+](=O)[O-]. The van der Waals surface area contributed by atoms with Crippen molar-refractivity contribution in [3.63, 3.8) is 0 Å². The number of hydrogen-bond donors (Lipinski definition) is 0. The molecule has 9 nitrogen and oxygen atoms in total. The van der Waals surface area contributed by atoms with E-state index in [9.17, 15) is 14.9 Å². The molecule has 23 heavy (non-hydrogen) atoms. The third-order valence-electron chi connectivity index (χ3n) is 2.94. The summed E-state index contributed by atoms with van der Waals surface area (Å²) in [6.07, 6.45) is 2.08. The Bertz CT molecular complexity index is 728. The molecule has 0 bridgehead atoms. The lowest BCUT2D eigenvalue weighted by Crippen LogP contribution is -2.26. The summed E-state index contributed by atoms with van der Waals surface area (Å²) < 4.78 is 11.8. The van der Waals surface area contributed by atoms with Gasteiger partial charge in [-0.25, -0.2) is 4.79 Å². The fourth-order valence-electron chi connectivity index (χ4n) is 1.87. The molecular weight excluding hydrogens is 304 g/mol. The molecule has 0 aliphatic heterocycles. The van der Waals surface area contributed by atoms with Gasteiger partial charge in [0.1, 0.15) is 6.20 Å². The van der Waals surface area contributed by atoms with Gasteiger partial charge < -0.3 is 19.6 Å². The Morgan fingerprint density at radius 3 is 2.83 bits per heavy atom. The van der Waals surface area contributed by atoms with Gasteiger partial charge in [-0.1, -0.05) is 0 Å². The molecule has 1 unspecified atom stereocenters. The van der Waals surface area contributed by atoms with Crippen molar-refractivity contribution in [3.8, 4) is 17.0 Å². The molecule has 1 atom stereocenters. The minimum absolute atomic E-state index is 0.112. The number of rotatable bonds is 6. The zero-order valence-corrected chi connectivity index (χ0v) is 12.9. The van der Waals surface area contributed by atoms with Crippen molar-refractivity contribution in [1.82, 2.24) is 14.8 Å². The molecule has 0 amide bonds. The van der Waals surface area contributed by atoms with Crippen molar-refractivity contribution in [3.05, 3.63) is 34.6 Å². The average Bonchev–Trinajstić information content (AvgIpc) is 2.93. The van der Waals surface area contributed by atoms with Crippen molar-refractivity contribution in [2.75, 3.05) is 6.61 Å². The number of hydrogen-bond acceptors (Lipinski definition) is 7. The van der Waals surface area contributed by atoms with Crippen LogP contribution in [0.15, 0.2) is 24.5 Å². The minimum atomic E-state index is -0.991. The zero-order chi connectivity index (χ0) is 17.0. The molecule has 2 rings (SSSR count). The first kappa shape index (κ1) is 16.4. The Balaban J connectivity index is 2.34. The van der Waals surface area contributed by atoms with Crippen LogP contribution >= 0.6 is 0 Å². The Hall–Kier alpha value is -2.97. The minimum Gasteiger partial charge on any atom is -0.471 e. The summed E-state index contributed by atoms with van der Waals surface area (Å²) in [6.45, 7) is 3.31. The van der Waals surface area contributed by atoms with Crippen LogP contribution in [-0.2, 0) is 16.6 Å². The Kier molecular flexibility index (Phi) is 4.89. The van der Waals surface area contributed by atoms with Gasteiger partial charge in [0.15, 0.2) is 6.10 Å². The normalized spacial score (nSPS) is 11.8. The highest BCUT2D eigenvalue weighted by atomic mass is 16.6. The first-order valence-corrected chi connectivity index (χ1v) is 6.90. The summed E-state index contributed by atoms with van der Waals surface area (Å²) in [4.78, 5) is 25.8. The molecule has 0 spiro atoms. The molecule has 0 aromatic carbocycles. The lowest BCUT2D eigenvalue weighted by atomic mass is 10.2. The molecule has 0 saturated heterocycles. The highest BCUT2D eigenvalue weighted by molar-refractivity contribution is 5.75. The van der Waals surface area contributed by atoms with Crippen LogP contribution in [0.25, 0.3) is 11.3 Å². The Morgan fingerprint density at radius 2 is 2.26 bits per heavy atom. The van der Waals surface area contributed by atoms with Gasteiger partial charge in [-0.15, -0.1) is 0 Å². The quantitative estimate of drug-likeness (QED) is 0.453. The number of esters is 1. The second-order valence-corrected chi connectivity index (χ2v) is 4.69. The average molecular weight is 320 g/mol. The van der Waals surface area contributed by atoms with Crippen molar-refractivity contribution < 1.29 is 19.2 Å². The summed E-state index contributed by atoms with van der Waals surface area (Å²) in [5.41, 5.74) is 1.13. The molecule has 0 N–H and O–H groups in total. The highest BCUT2D eigenvalue weighted by Crippen LogP contribution is 2.30. The van der Waals surface area contributed by atoms with E-state index in [-0.39, 0.29) is 12.4 Å². The maximum Gasteiger partial charge on any atom is 0.406 e. The number of nitro groups is 1. The van der Waals surface area contributed by atoms with Gasteiger partial charge in [0.05, 0.1) is 12.3 Å². The van der Waals surface area contributed by atoms with E-state index in [4.69, 9.17) is 9.47 Å². The van der Waals surface area contributed by atoms with E-state index in [0.29, 0.717) is 11.3 Å². The summed E-state index contributed by atoms with van der Waals surface area (Å²) >= 11 is 0. The number of aromatic nitrogens is 3. The Labute approximate surface area is 132 Å². The van der Waals surface area contributed by atoms with Gasteiger partial charge in [-0.05, 0) is 29.8 Å². The van der Waals surface area contributed by atoms with Crippen LogP contribution in [-0.4, -0.2) is 38.4 Å². The molecule has 0 aliphatic carbocycles. The van der Waals surface area contributed by atoms with Crippen molar-refractivity contribution >= 4 is 11.8 Å². The molecule has 122 valence electrons. The van der Waals surface area contributed by atoms with Crippen LogP contribution in [0, 0.1) is 10.1 Å². The summed E-state index contributed by atoms with van der Waals surface area (Å²) in [7, 11) is 1.75. The van der Waals surface area contributed by atoms with Gasteiger partial charge in [0, 0.05) is 24.9 Å². The van der Waals surface area contributed by atoms with Crippen LogP contribution in [0.1, 0.15) is 13.8 Å². The van der Waals surface area contributed by atoms with Gasteiger partial charge >= 0.3 is 11.8 Å². The first-order valence-electron chi connectivity index (χ1n) is 6.90. The van der Waals surface area contributed by atoms with Crippen molar-refractivity contribution in [1.29, 1.82) is 0 Å². The number of ether oxygens (including phenoxy) is 2. The maximum atomic E-state index is 11.6. The van der Waals surface area contributed by atoms with Crippen LogP contribution in [0.4, 0.5) is 5.82 Å².